The number of carbonyl (C=O) groups is 1. The van der Waals surface area contributed by atoms with Gasteiger partial charge in [0.1, 0.15) is 18.1 Å². The van der Waals surface area contributed by atoms with Crippen LogP contribution in [0.5, 0.6) is 11.5 Å². The maximum atomic E-state index is 12.8. The van der Waals surface area contributed by atoms with E-state index in [1.807, 2.05) is 42.5 Å². The van der Waals surface area contributed by atoms with Gasteiger partial charge in [0.05, 0.1) is 18.8 Å². The lowest BCUT2D eigenvalue weighted by Crippen LogP contribution is -2.29. The molecule has 3 aromatic rings. The van der Waals surface area contributed by atoms with Crippen LogP contribution in [0.4, 0.5) is 11.4 Å². The fourth-order valence-electron chi connectivity index (χ4n) is 4.23. The van der Waals surface area contributed by atoms with Crippen LogP contribution in [0.25, 0.3) is 0 Å². The molecular formula is C26H28N2O4S. The van der Waals surface area contributed by atoms with E-state index in [2.05, 4.69) is 22.3 Å². The molecule has 0 radical (unpaired) electrons. The quantitative estimate of drug-likeness (QED) is 0.564. The number of nitrogens with one attached hydrogen (secondary N) is 1. The van der Waals surface area contributed by atoms with E-state index >= 15 is 0 Å². The highest BCUT2D eigenvalue weighted by atomic mass is 32.2. The summed E-state index contributed by atoms with van der Waals surface area (Å²) < 4.78 is 23.7. The first kappa shape index (κ1) is 21.5. The average molecular weight is 465 g/mol. The number of hydrogen-bond acceptors (Lipinski definition) is 5. The van der Waals surface area contributed by atoms with Crippen LogP contribution in [0.3, 0.4) is 0 Å². The molecule has 3 aromatic carbocycles. The lowest BCUT2D eigenvalue weighted by molar-refractivity contribution is 0.0950. The summed E-state index contributed by atoms with van der Waals surface area (Å²) in [4.78, 5) is 15.8. The summed E-state index contributed by atoms with van der Waals surface area (Å²) in [6.07, 6.45) is 4.43. The normalized spacial score (nSPS) is 15.2. The predicted octanol–water partition coefficient (Wildman–Crippen LogP) is 3.72. The second-order valence-corrected chi connectivity index (χ2v) is 12.0. The molecule has 0 unspecified atom stereocenters. The molecule has 5 rings (SSSR count). The van der Waals surface area contributed by atoms with Crippen molar-refractivity contribution < 1.29 is 18.5 Å². The molecule has 1 amide bonds. The molecule has 7 heteroatoms. The van der Waals surface area contributed by atoms with Gasteiger partial charge in [-0.1, -0.05) is 22.1 Å². The smallest absolute Gasteiger partial charge is 0.251 e. The van der Waals surface area contributed by atoms with Gasteiger partial charge < -0.3 is 19.7 Å². The molecule has 172 valence electrons. The lowest BCUT2D eigenvalue weighted by atomic mass is 10.1. The highest BCUT2D eigenvalue weighted by Gasteiger charge is 2.23. The van der Waals surface area contributed by atoms with Gasteiger partial charge in [-0.3, -0.25) is 9.00 Å². The molecular weight excluding hydrogens is 436 g/mol. The first-order chi connectivity index (χ1) is 15.9. The van der Waals surface area contributed by atoms with Gasteiger partial charge in [-0.25, -0.2) is 0 Å². The highest BCUT2D eigenvalue weighted by molar-refractivity contribution is 8.01. The number of anilines is 2. The molecule has 0 aliphatic carbocycles. The largest absolute Gasteiger partial charge is 0.493 e. The zero-order valence-electron chi connectivity index (χ0n) is 18.8. The summed E-state index contributed by atoms with van der Waals surface area (Å²) in [6.45, 7) is 2.44. The molecule has 6 nitrogen and oxygen atoms in total. The molecule has 0 aromatic heterocycles. The standard InChI is InChI=1S/C26H28N2O4S/c1-33(2,30)22-7-3-18(4-8-22)17-27-26(29)20-5-9-23-25(16-20)32-14-12-28(23)21-6-10-24-19(15-21)11-13-31-24/h3-10,15-16,33H,11-14,17H2,1-2H3,(H,27,29). The van der Waals surface area contributed by atoms with Crippen LogP contribution in [0.2, 0.25) is 0 Å². The van der Waals surface area contributed by atoms with Crippen molar-refractivity contribution >= 4 is 27.2 Å². The molecule has 0 saturated carbocycles. The Hall–Kier alpha value is -3.32. The Labute approximate surface area is 194 Å². The third-order valence-corrected chi connectivity index (χ3v) is 7.62. The van der Waals surface area contributed by atoms with E-state index in [9.17, 15) is 9.00 Å². The van der Waals surface area contributed by atoms with Crippen molar-refractivity contribution in [3.8, 4) is 11.5 Å². The second kappa shape index (κ2) is 8.56. The van der Waals surface area contributed by atoms with Gasteiger partial charge in [-0.05, 0) is 72.2 Å². The minimum atomic E-state index is -2.28. The van der Waals surface area contributed by atoms with Crippen LogP contribution in [-0.2, 0) is 22.9 Å². The molecule has 0 bridgehead atoms. The topological polar surface area (TPSA) is 67.9 Å². The second-order valence-electron chi connectivity index (χ2n) is 8.77. The summed E-state index contributed by atoms with van der Waals surface area (Å²) in [5, 5.41) is 2.96. The van der Waals surface area contributed by atoms with Crippen molar-refractivity contribution in [3.63, 3.8) is 0 Å². The predicted molar refractivity (Wildman–Crippen MR) is 132 cm³/mol. The van der Waals surface area contributed by atoms with Crippen LogP contribution in [0.1, 0.15) is 21.5 Å². The van der Waals surface area contributed by atoms with Crippen molar-refractivity contribution in [3.05, 3.63) is 77.4 Å². The zero-order chi connectivity index (χ0) is 23.0. The molecule has 2 heterocycles. The molecule has 0 spiro atoms. The number of rotatable bonds is 5. The highest BCUT2D eigenvalue weighted by Crippen LogP contribution is 2.39. The number of thiol groups is 1. The number of nitrogens with zero attached hydrogens (tertiary/aromatic N) is 1. The van der Waals surface area contributed by atoms with Crippen molar-refractivity contribution in [2.45, 2.75) is 17.9 Å². The summed E-state index contributed by atoms with van der Waals surface area (Å²) >= 11 is 0. The Bertz CT molecular complexity index is 1250. The minimum absolute atomic E-state index is 0.158. The minimum Gasteiger partial charge on any atom is -0.493 e. The van der Waals surface area contributed by atoms with Gasteiger partial charge in [0, 0.05) is 29.1 Å². The SMILES string of the molecule is C[SH](C)(=O)c1ccc(CNC(=O)c2ccc3c(c2)OCCN3c2ccc3c(c2)CCO3)cc1. The number of ether oxygens (including phenoxy) is 2. The number of amides is 1. The third-order valence-electron chi connectivity index (χ3n) is 6.08. The van der Waals surface area contributed by atoms with E-state index in [1.54, 1.807) is 18.6 Å². The van der Waals surface area contributed by atoms with Crippen LogP contribution < -0.4 is 19.7 Å². The van der Waals surface area contributed by atoms with Gasteiger partial charge in [0.2, 0.25) is 0 Å². The molecule has 2 aliphatic rings. The Kier molecular flexibility index (Phi) is 5.58. The van der Waals surface area contributed by atoms with Gasteiger partial charge in [-0.15, -0.1) is 0 Å². The van der Waals surface area contributed by atoms with Gasteiger partial charge in [0.15, 0.2) is 0 Å². The van der Waals surface area contributed by atoms with Crippen LogP contribution in [0, 0.1) is 0 Å². The summed E-state index contributed by atoms with van der Waals surface area (Å²) in [7, 11) is -2.28. The van der Waals surface area contributed by atoms with Gasteiger partial charge >= 0.3 is 0 Å². The fraction of sp³-hybridized carbons (Fsp3) is 0.269. The number of benzene rings is 3. The summed E-state index contributed by atoms with van der Waals surface area (Å²) in [5.74, 6) is 1.51. The van der Waals surface area contributed by atoms with E-state index < -0.39 is 9.93 Å². The first-order valence-corrected chi connectivity index (χ1v) is 13.7. The van der Waals surface area contributed by atoms with E-state index in [1.165, 1.54) is 5.56 Å². The molecule has 0 saturated heterocycles. The molecule has 1 N–H and O–H groups in total. The van der Waals surface area contributed by atoms with Gasteiger partial charge in [0.25, 0.3) is 5.91 Å². The van der Waals surface area contributed by atoms with Crippen molar-refractivity contribution in [2.24, 2.45) is 0 Å². The Morgan fingerprint density at radius 2 is 1.76 bits per heavy atom. The molecule has 0 atom stereocenters. The zero-order valence-corrected chi connectivity index (χ0v) is 19.7. The molecule has 0 fully saturated rings. The van der Waals surface area contributed by atoms with Crippen molar-refractivity contribution in [1.29, 1.82) is 0 Å². The summed E-state index contributed by atoms with van der Waals surface area (Å²) in [5.41, 5.74) is 4.80. The Morgan fingerprint density at radius 1 is 0.970 bits per heavy atom. The van der Waals surface area contributed by atoms with Crippen molar-refractivity contribution in [2.75, 3.05) is 37.2 Å². The van der Waals surface area contributed by atoms with Crippen LogP contribution >= 0.6 is 0 Å². The van der Waals surface area contributed by atoms with E-state index in [0.29, 0.717) is 24.5 Å². The maximum Gasteiger partial charge on any atom is 0.251 e. The number of fused-ring (bicyclic) bond motifs is 2. The number of carbonyl (C=O) groups excluding carboxylic acids is 1. The van der Waals surface area contributed by atoms with E-state index in [4.69, 9.17) is 9.47 Å². The molecule has 2 aliphatic heterocycles. The van der Waals surface area contributed by atoms with Gasteiger partial charge in [-0.2, -0.15) is 0 Å². The first-order valence-electron chi connectivity index (χ1n) is 11.1. The monoisotopic (exact) mass is 464 g/mol. The maximum absolute atomic E-state index is 12.8. The van der Waals surface area contributed by atoms with E-state index in [-0.39, 0.29) is 5.91 Å². The van der Waals surface area contributed by atoms with Crippen LogP contribution in [0.15, 0.2) is 65.6 Å². The van der Waals surface area contributed by atoms with E-state index in [0.717, 1.165) is 47.2 Å². The Morgan fingerprint density at radius 3 is 2.55 bits per heavy atom. The average Bonchev–Trinajstić information content (AvgIpc) is 3.29. The lowest BCUT2D eigenvalue weighted by Gasteiger charge is -2.31. The summed E-state index contributed by atoms with van der Waals surface area (Å²) in [6, 6.07) is 19.4. The van der Waals surface area contributed by atoms with Crippen LogP contribution in [-0.4, -0.2) is 42.4 Å². The Balaban J connectivity index is 1.30. The van der Waals surface area contributed by atoms with Crippen molar-refractivity contribution in [1.82, 2.24) is 5.32 Å². The number of hydrogen-bond donors (Lipinski definition) is 2. The third kappa shape index (κ3) is 4.46. The molecule has 33 heavy (non-hydrogen) atoms. The fourth-order valence-corrected chi connectivity index (χ4v) is 5.09.